The third kappa shape index (κ3) is 7.06. The Bertz CT molecular complexity index is 2090. The number of aromatic nitrogens is 6. The third-order valence-electron chi connectivity index (χ3n) is 8.20. The van der Waals surface area contributed by atoms with E-state index in [9.17, 15) is 24.9 Å². The number of nitrogens with two attached hydrogens (primary N) is 2. The fourth-order valence-corrected chi connectivity index (χ4v) is 5.94. The molecule has 0 spiro atoms. The van der Waals surface area contributed by atoms with E-state index in [1.54, 1.807) is 61.8 Å². The van der Waals surface area contributed by atoms with E-state index in [-0.39, 0.29) is 34.4 Å². The number of aliphatic hydroxyl groups is 3. The number of rotatable bonds is 6. The van der Waals surface area contributed by atoms with Crippen LogP contribution in [0.15, 0.2) is 90.5 Å². The van der Waals surface area contributed by atoms with Crippen molar-refractivity contribution in [2.75, 3.05) is 10.3 Å². The fourth-order valence-electron chi connectivity index (χ4n) is 5.76. The lowest BCUT2D eigenvalue weighted by Crippen LogP contribution is -2.34. The first-order valence-corrected chi connectivity index (χ1v) is 15.6. The van der Waals surface area contributed by atoms with Gasteiger partial charge in [-0.25, -0.2) is 20.8 Å². The molecule has 16 heteroatoms. The lowest BCUT2D eigenvalue weighted by Gasteiger charge is -2.24. The van der Waals surface area contributed by atoms with Crippen LogP contribution < -0.4 is 27.5 Å². The van der Waals surface area contributed by atoms with E-state index < -0.39 is 18.1 Å². The summed E-state index contributed by atoms with van der Waals surface area (Å²) in [5.41, 5.74) is 8.61. The molecule has 2 aromatic carbocycles. The highest BCUT2D eigenvalue weighted by Crippen LogP contribution is 2.36. The Morgan fingerprint density at radius 2 is 1.84 bits per heavy atom. The van der Waals surface area contributed by atoms with Gasteiger partial charge in [-0.2, -0.15) is 9.78 Å². The van der Waals surface area contributed by atoms with E-state index in [4.69, 9.17) is 23.2 Å². The van der Waals surface area contributed by atoms with Crippen molar-refractivity contribution in [1.82, 2.24) is 29.3 Å². The minimum Gasteiger partial charge on any atom is -0.394 e. The Morgan fingerprint density at radius 3 is 2.57 bits per heavy atom. The van der Waals surface area contributed by atoms with Crippen LogP contribution in [0, 0.1) is 5.92 Å². The average Bonchev–Trinajstić information content (AvgIpc) is 3.51. The molecule has 6 rings (SSSR count). The normalized spacial score (nSPS) is 17.0. The van der Waals surface area contributed by atoms with Crippen molar-refractivity contribution in [3.05, 3.63) is 112 Å². The quantitative estimate of drug-likeness (QED) is 0.0863. The molecule has 0 aliphatic carbocycles. The Balaban J connectivity index is 1.41. The molecule has 8 N–H and O–H groups in total. The molecule has 49 heavy (non-hydrogen) atoms. The number of nitrogens with one attached hydrogen (secondary N) is 1. The highest BCUT2D eigenvalue weighted by atomic mass is 35.5. The van der Waals surface area contributed by atoms with Gasteiger partial charge in [-0.15, -0.1) is 0 Å². The fraction of sp³-hybridized carbons (Fsp3) is 0.212. The van der Waals surface area contributed by atoms with Crippen molar-refractivity contribution in [2.45, 2.75) is 38.3 Å². The maximum Gasteiger partial charge on any atom is 0.389 e. The summed E-state index contributed by atoms with van der Waals surface area (Å²) in [6, 6.07) is 14.5. The van der Waals surface area contributed by atoms with Gasteiger partial charge < -0.3 is 26.4 Å². The highest BCUT2D eigenvalue weighted by molar-refractivity contribution is 6.31. The third-order valence-corrected chi connectivity index (χ3v) is 8.44. The second kappa shape index (κ2) is 13.6. The van der Waals surface area contributed by atoms with Gasteiger partial charge in [0.05, 0.1) is 41.3 Å². The van der Waals surface area contributed by atoms with Crippen molar-refractivity contribution in [1.29, 1.82) is 0 Å². The molecule has 252 valence electrons. The van der Waals surface area contributed by atoms with Crippen molar-refractivity contribution >= 4 is 34.6 Å². The predicted molar refractivity (Wildman–Crippen MR) is 182 cm³/mol. The lowest BCUT2D eigenvalue weighted by molar-refractivity contribution is -0.379. The smallest absolute Gasteiger partial charge is 0.389 e. The van der Waals surface area contributed by atoms with Crippen LogP contribution in [0.5, 0.6) is 0 Å². The Labute approximate surface area is 284 Å². The zero-order chi connectivity index (χ0) is 34.9. The van der Waals surface area contributed by atoms with Gasteiger partial charge >= 0.3 is 6.10 Å². The molecule has 15 nitrogen and oxygen atoms in total. The van der Waals surface area contributed by atoms with Crippen LogP contribution >= 0.6 is 11.6 Å². The van der Waals surface area contributed by atoms with E-state index in [2.05, 4.69) is 25.4 Å². The first-order chi connectivity index (χ1) is 23.4. The summed E-state index contributed by atoms with van der Waals surface area (Å²) in [5.74, 6) is 5.95. The number of hydrazine groups is 1. The van der Waals surface area contributed by atoms with Crippen molar-refractivity contribution in [3.8, 4) is 22.5 Å². The zero-order valence-electron chi connectivity index (χ0n) is 26.2. The van der Waals surface area contributed by atoms with Crippen molar-refractivity contribution < 1.29 is 20.1 Å². The molecular formula is C33H33ClN10O5. The summed E-state index contributed by atoms with van der Waals surface area (Å²) in [6.07, 6.45) is 5.46. The number of hydrogen-bond acceptors (Lipinski definition) is 12. The topological polar surface area (TPSA) is 224 Å². The molecule has 0 fully saturated rings. The Hall–Kier alpha value is -5.45. The lowest BCUT2D eigenvalue weighted by atomic mass is 9.94. The van der Waals surface area contributed by atoms with Crippen molar-refractivity contribution in [2.24, 2.45) is 17.5 Å². The highest BCUT2D eigenvalue weighted by Gasteiger charge is 2.31. The van der Waals surface area contributed by atoms with Gasteiger partial charge in [-0.3, -0.25) is 19.2 Å². The number of nitrogens with zero attached hydrogens (tertiary/aromatic N) is 7. The van der Waals surface area contributed by atoms with Crippen LogP contribution in [0.1, 0.15) is 43.6 Å². The average molecular weight is 685 g/mol. The number of amides is 1. The van der Waals surface area contributed by atoms with E-state index >= 15 is 0 Å². The molecule has 1 aliphatic heterocycles. The molecule has 4 heterocycles. The predicted octanol–water partition coefficient (Wildman–Crippen LogP) is 2.75. The second-order valence-electron chi connectivity index (χ2n) is 11.6. The number of hydrogen-bond donors (Lipinski definition) is 6. The monoisotopic (exact) mass is 684 g/mol. The van der Waals surface area contributed by atoms with Gasteiger partial charge in [0.25, 0.3) is 5.56 Å². The second-order valence-corrected chi connectivity index (χ2v) is 12.1. The minimum atomic E-state index is -3.35. The van der Waals surface area contributed by atoms with Gasteiger partial charge in [0, 0.05) is 46.7 Å². The van der Waals surface area contributed by atoms with Crippen molar-refractivity contribution in [3.63, 3.8) is 0 Å². The summed E-state index contributed by atoms with van der Waals surface area (Å²) in [4.78, 5) is 39.9. The van der Waals surface area contributed by atoms with E-state index in [0.29, 0.717) is 57.0 Å². The minimum absolute atomic E-state index is 0.0587. The number of fused-ring (bicyclic) bond motifs is 4. The molecule has 1 aliphatic rings. The maximum atomic E-state index is 13.9. The number of halogens is 1. The van der Waals surface area contributed by atoms with E-state index in [1.165, 1.54) is 34.4 Å². The summed E-state index contributed by atoms with van der Waals surface area (Å²) in [5, 5.41) is 38.5. The largest absolute Gasteiger partial charge is 0.394 e. The van der Waals surface area contributed by atoms with Crippen LogP contribution in [-0.2, 0) is 10.9 Å². The molecule has 0 saturated heterocycles. The summed E-state index contributed by atoms with van der Waals surface area (Å²) in [6.45, 7) is 1.77. The number of benzene rings is 2. The van der Waals surface area contributed by atoms with Crippen LogP contribution in [0.3, 0.4) is 0 Å². The molecule has 3 aromatic heterocycles. The number of anilines is 2. The molecule has 2 unspecified atom stereocenters. The van der Waals surface area contributed by atoms with Gasteiger partial charge in [0.2, 0.25) is 5.91 Å². The van der Waals surface area contributed by atoms with Crippen LogP contribution in [0.25, 0.3) is 28.2 Å². The Morgan fingerprint density at radius 1 is 1.06 bits per heavy atom. The molecular weight excluding hydrogens is 652 g/mol. The summed E-state index contributed by atoms with van der Waals surface area (Å²) >= 11 is 6.37. The Kier molecular flexibility index (Phi) is 9.27. The van der Waals surface area contributed by atoms with Gasteiger partial charge in [0.1, 0.15) is 5.69 Å². The first-order valence-electron chi connectivity index (χ1n) is 15.2. The van der Waals surface area contributed by atoms with E-state index in [1.807, 2.05) is 6.07 Å². The van der Waals surface area contributed by atoms with E-state index in [0.717, 1.165) is 0 Å². The molecule has 2 atom stereocenters. The zero-order valence-corrected chi connectivity index (χ0v) is 26.9. The van der Waals surface area contributed by atoms with Gasteiger partial charge in [-0.05, 0) is 48.7 Å². The SMILES string of the molecule is CC1CCCC(n2cnc(-c3cc(Cl)ccc3N(N)/C=C(\N)c3ncccn3)cc2=O)c2cccc(c2)-c2c(cnn2C(O)(O)O)NC1=O. The molecule has 2 bridgehead atoms. The van der Waals surface area contributed by atoms with Crippen LogP contribution in [0.4, 0.5) is 11.4 Å². The molecule has 0 radical (unpaired) electrons. The number of carbonyl (C=O) groups excluding carboxylic acids is 1. The molecule has 5 aromatic rings. The van der Waals surface area contributed by atoms with Gasteiger partial charge in [-0.1, -0.05) is 43.1 Å². The first kappa shape index (κ1) is 33.5. The maximum absolute atomic E-state index is 13.9. The standard InChI is InChI=1S/C33H33ClN10O5/c1-19-5-2-8-27(20-6-3-7-21(13-20)30-26(41-32(19)46)16-40-44(30)33(47,48)49)42-18-39-25(15-29(42)45)23-14-22(34)9-10-28(23)43(36)17-24(35)31-37-11-4-12-38-31/h3-4,6-7,9-19,27,47-49H,2,5,8,35-36H2,1H3,(H,41,46)/b24-17-. The van der Waals surface area contributed by atoms with Crippen LogP contribution in [-0.4, -0.2) is 50.5 Å². The molecule has 0 saturated carbocycles. The van der Waals surface area contributed by atoms with Crippen LogP contribution in [0.2, 0.25) is 5.02 Å². The molecule has 1 amide bonds. The van der Waals surface area contributed by atoms with Gasteiger partial charge in [0.15, 0.2) is 5.82 Å². The summed E-state index contributed by atoms with van der Waals surface area (Å²) < 4.78 is 2.09. The summed E-state index contributed by atoms with van der Waals surface area (Å²) in [7, 11) is 0. The number of carbonyl (C=O) groups is 1.